The van der Waals surface area contributed by atoms with Crippen LogP contribution in [0.3, 0.4) is 0 Å². The summed E-state index contributed by atoms with van der Waals surface area (Å²) in [4.78, 5) is 49.8. The highest BCUT2D eigenvalue weighted by Gasteiger charge is 2.24. The Morgan fingerprint density at radius 1 is 1.17 bits per heavy atom. The average Bonchev–Trinajstić information content (AvgIpc) is 3.27. The first-order valence-corrected chi connectivity index (χ1v) is 12.0. The molecule has 0 aliphatic heterocycles. The fourth-order valence-electron chi connectivity index (χ4n) is 3.71. The predicted molar refractivity (Wildman–Crippen MR) is 137 cm³/mol. The molecule has 182 valence electrons. The van der Waals surface area contributed by atoms with Gasteiger partial charge in [-0.2, -0.15) is 0 Å². The quantitative estimate of drug-likeness (QED) is 0.304. The van der Waals surface area contributed by atoms with Crippen LogP contribution in [0.15, 0.2) is 63.3 Å². The van der Waals surface area contributed by atoms with Gasteiger partial charge in [-0.3, -0.25) is 19.1 Å². The first-order valence-electron chi connectivity index (χ1n) is 11.0. The number of ether oxygens (including phenoxy) is 1. The Hall–Kier alpha value is -3.99. The lowest BCUT2D eigenvalue weighted by Gasteiger charge is -2.24. The second-order valence-corrected chi connectivity index (χ2v) is 8.79. The van der Waals surface area contributed by atoms with Crippen LogP contribution in [-0.4, -0.2) is 44.8 Å². The van der Waals surface area contributed by atoms with E-state index in [2.05, 4.69) is 15.0 Å². The van der Waals surface area contributed by atoms with Gasteiger partial charge in [-0.25, -0.2) is 9.78 Å². The van der Waals surface area contributed by atoms with Gasteiger partial charge in [0, 0.05) is 12.6 Å². The lowest BCUT2D eigenvalue weighted by Crippen LogP contribution is -2.42. The molecule has 0 fully saturated rings. The highest BCUT2D eigenvalue weighted by atomic mass is 32.2. The maximum Gasteiger partial charge on any atom is 0.330 e. The summed E-state index contributed by atoms with van der Waals surface area (Å²) in [6.45, 7) is 2.33. The number of anilines is 2. The minimum absolute atomic E-state index is 0.0215. The van der Waals surface area contributed by atoms with Gasteiger partial charge in [0.2, 0.25) is 5.91 Å². The minimum atomic E-state index is -0.695. The summed E-state index contributed by atoms with van der Waals surface area (Å²) in [5.41, 5.74) is 7.33. The third-order valence-electron chi connectivity index (χ3n) is 5.42. The van der Waals surface area contributed by atoms with E-state index in [0.29, 0.717) is 17.3 Å². The van der Waals surface area contributed by atoms with E-state index < -0.39 is 11.2 Å². The second kappa shape index (κ2) is 10.5. The van der Waals surface area contributed by atoms with Crippen LogP contribution in [-0.2, 0) is 11.3 Å². The van der Waals surface area contributed by atoms with E-state index in [4.69, 9.17) is 10.5 Å². The van der Waals surface area contributed by atoms with Crippen molar-refractivity contribution in [1.82, 2.24) is 19.5 Å². The van der Waals surface area contributed by atoms with Crippen molar-refractivity contribution >= 4 is 40.2 Å². The van der Waals surface area contributed by atoms with Crippen molar-refractivity contribution in [3.05, 3.63) is 74.9 Å². The fraction of sp³-hybridized carbons (Fsp3) is 0.250. The Balaban J connectivity index is 1.60. The largest absolute Gasteiger partial charge is 0.497 e. The molecule has 11 heteroatoms. The number of carbonyl (C=O) groups excluding carboxylic acids is 1. The lowest BCUT2D eigenvalue weighted by molar-refractivity contribution is -0.116. The summed E-state index contributed by atoms with van der Waals surface area (Å²) >= 11 is 1.22. The molecule has 0 bridgehead atoms. The summed E-state index contributed by atoms with van der Waals surface area (Å²) in [6, 6.07) is 14.7. The molecule has 0 spiro atoms. The minimum Gasteiger partial charge on any atom is -0.497 e. The van der Waals surface area contributed by atoms with Gasteiger partial charge in [0.25, 0.3) is 5.56 Å². The Kier molecular flexibility index (Phi) is 7.25. The van der Waals surface area contributed by atoms with Gasteiger partial charge in [0.05, 0.1) is 30.4 Å². The molecule has 35 heavy (non-hydrogen) atoms. The first kappa shape index (κ1) is 24.1. The number of hydrogen-bond donors (Lipinski definition) is 3. The molecule has 0 atom stereocenters. The molecule has 4 N–H and O–H groups in total. The number of imidazole rings is 1. The van der Waals surface area contributed by atoms with Crippen molar-refractivity contribution in [2.45, 2.75) is 25.0 Å². The summed E-state index contributed by atoms with van der Waals surface area (Å²) in [7, 11) is 1.59. The Labute approximate surface area is 205 Å². The molecule has 1 amide bonds. The van der Waals surface area contributed by atoms with Crippen LogP contribution >= 0.6 is 11.8 Å². The number of H-pyrrole nitrogens is 2. The van der Waals surface area contributed by atoms with Gasteiger partial charge < -0.3 is 20.4 Å². The number of fused-ring (bicyclic) bond motifs is 1. The highest BCUT2D eigenvalue weighted by Crippen LogP contribution is 2.25. The monoisotopic (exact) mass is 494 g/mol. The molecule has 2 heterocycles. The highest BCUT2D eigenvalue weighted by molar-refractivity contribution is 7.99. The summed E-state index contributed by atoms with van der Waals surface area (Å²) in [6.07, 6.45) is 0.595. The van der Waals surface area contributed by atoms with E-state index in [-0.39, 0.29) is 36.3 Å². The molecule has 0 saturated heterocycles. The van der Waals surface area contributed by atoms with Crippen molar-refractivity contribution in [3.63, 3.8) is 0 Å². The molecule has 0 unspecified atom stereocenters. The molecule has 0 saturated carbocycles. The smallest absolute Gasteiger partial charge is 0.330 e. The topological polar surface area (TPSA) is 139 Å². The number of methoxy groups -OCH3 is 1. The molecule has 10 nitrogen and oxygen atoms in total. The van der Waals surface area contributed by atoms with Crippen LogP contribution in [0, 0.1) is 0 Å². The molecular weight excluding hydrogens is 468 g/mol. The van der Waals surface area contributed by atoms with E-state index in [1.807, 2.05) is 55.5 Å². The number of nitrogens with one attached hydrogen (secondary N) is 2. The molecule has 2 aromatic carbocycles. The van der Waals surface area contributed by atoms with Crippen LogP contribution in [0.2, 0.25) is 0 Å². The van der Waals surface area contributed by atoms with Crippen molar-refractivity contribution in [3.8, 4) is 5.75 Å². The zero-order valence-corrected chi connectivity index (χ0v) is 20.2. The average molecular weight is 495 g/mol. The third kappa shape index (κ3) is 5.24. The zero-order chi connectivity index (χ0) is 24.9. The number of hydrogen-bond acceptors (Lipinski definition) is 7. The number of carbonyl (C=O) groups is 1. The van der Waals surface area contributed by atoms with Crippen LogP contribution in [0.4, 0.5) is 11.5 Å². The normalized spacial score (nSPS) is 11.0. The van der Waals surface area contributed by atoms with Crippen LogP contribution in [0.1, 0.15) is 18.9 Å². The van der Waals surface area contributed by atoms with Crippen molar-refractivity contribution in [1.29, 1.82) is 0 Å². The van der Waals surface area contributed by atoms with E-state index in [1.54, 1.807) is 7.11 Å². The summed E-state index contributed by atoms with van der Waals surface area (Å²) in [5, 5.41) is 0.564. The second-order valence-electron chi connectivity index (χ2n) is 7.82. The molecule has 2 aromatic heterocycles. The maximum atomic E-state index is 13.2. The number of nitrogen functional groups attached to an aromatic ring is 1. The van der Waals surface area contributed by atoms with Gasteiger partial charge in [0.1, 0.15) is 11.6 Å². The van der Waals surface area contributed by atoms with E-state index >= 15 is 0 Å². The number of benzene rings is 2. The standard InChI is InChI=1S/C24H26N6O4S/c1-3-11-29(19(31)14-35-23-26-17-10-9-16(34-2)12-18(17)27-23)20-21(25)30(24(33)28-22(20)32)13-15-7-5-4-6-8-15/h4-10,12H,3,11,13-14,25H2,1-2H3,(H,26,27)(H,28,32,33). The van der Waals surface area contributed by atoms with Gasteiger partial charge in [0.15, 0.2) is 10.8 Å². The number of amides is 1. The van der Waals surface area contributed by atoms with E-state index in [1.165, 1.54) is 21.2 Å². The fourth-order valence-corrected chi connectivity index (χ4v) is 4.48. The van der Waals surface area contributed by atoms with Crippen LogP contribution in [0.25, 0.3) is 11.0 Å². The Morgan fingerprint density at radius 3 is 2.66 bits per heavy atom. The third-order valence-corrected chi connectivity index (χ3v) is 6.27. The summed E-state index contributed by atoms with van der Waals surface area (Å²) in [5.74, 6) is 0.346. The van der Waals surface area contributed by atoms with Crippen molar-refractivity contribution in [2.24, 2.45) is 0 Å². The molecule has 4 aromatic rings. The Bertz CT molecular complexity index is 1460. The van der Waals surface area contributed by atoms with Gasteiger partial charge in [-0.05, 0) is 24.1 Å². The van der Waals surface area contributed by atoms with Gasteiger partial charge in [-0.15, -0.1) is 0 Å². The van der Waals surface area contributed by atoms with Gasteiger partial charge >= 0.3 is 5.69 Å². The number of thioether (sulfide) groups is 1. The number of aromatic nitrogens is 4. The molecular formula is C24H26N6O4S. The maximum absolute atomic E-state index is 13.2. The molecule has 0 aliphatic carbocycles. The van der Waals surface area contributed by atoms with Crippen molar-refractivity contribution < 1.29 is 9.53 Å². The summed E-state index contributed by atoms with van der Waals surface area (Å²) < 4.78 is 6.50. The van der Waals surface area contributed by atoms with E-state index in [9.17, 15) is 14.4 Å². The van der Waals surface area contributed by atoms with Crippen LogP contribution in [0.5, 0.6) is 5.75 Å². The number of aromatic amines is 2. The molecule has 4 rings (SSSR count). The predicted octanol–water partition coefficient (Wildman–Crippen LogP) is 2.59. The van der Waals surface area contributed by atoms with Crippen molar-refractivity contribution in [2.75, 3.05) is 30.0 Å². The van der Waals surface area contributed by atoms with E-state index in [0.717, 1.165) is 16.6 Å². The molecule has 0 radical (unpaired) electrons. The zero-order valence-electron chi connectivity index (χ0n) is 19.4. The number of nitrogens with two attached hydrogens (primary N) is 1. The molecule has 0 aliphatic rings. The number of nitrogens with zero attached hydrogens (tertiary/aromatic N) is 3. The SMILES string of the molecule is CCCN(C(=O)CSc1nc2ccc(OC)cc2[nH]1)c1c(N)n(Cc2ccccc2)c(=O)[nH]c1=O. The van der Waals surface area contributed by atoms with Crippen LogP contribution < -0.4 is 26.6 Å². The van der Waals surface area contributed by atoms with Gasteiger partial charge in [-0.1, -0.05) is 49.0 Å². The Morgan fingerprint density at radius 2 is 1.94 bits per heavy atom. The lowest BCUT2D eigenvalue weighted by atomic mass is 10.2. The number of rotatable bonds is 9. The first-order chi connectivity index (χ1) is 16.9.